The van der Waals surface area contributed by atoms with Gasteiger partial charge in [-0.1, -0.05) is 11.6 Å². The van der Waals surface area contributed by atoms with E-state index in [4.69, 9.17) is 11.6 Å². The first kappa shape index (κ1) is 9.79. The lowest BCUT2D eigenvalue weighted by molar-refractivity contribution is 0.0945. The van der Waals surface area contributed by atoms with Crippen molar-refractivity contribution >= 4 is 17.5 Å². The van der Waals surface area contributed by atoms with Gasteiger partial charge in [0.1, 0.15) is 11.5 Å². The van der Waals surface area contributed by atoms with Gasteiger partial charge in [-0.25, -0.2) is 4.98 Å². The quantitative estimate of drug-likeness (QED) is 0.736. The fourth-order valence-electron chi connectivity index (χ4n) is 1.15. The van der Waals surface area contributed by atoms with Crippen LogP contribution in [-0.4, -0.2) is 20.9 Å². The standard InChI is InChI=1S/C9H9ClN4O/c10-6-3-7(13-4-6)9(15)14-5-8-11-1-2-12-8/h1-4,13H,5H2,(H,11,12)(H,14,15). The summed E-state index contributed by atoms with van der Waals surface area (Å²) >= 11 is 5.67. The van der Waals surface area contributed by atoms with E-state index in [2.05, 4.69) is 20.3 Å². The molecule has 0 spiro atoms. The van der Waals surface area contributed by atoms with Crippen molar-refractivity contribution in [3.63, 3.8) is 0 Å². The van der Waals surface area contributed by atoms with Crippen molar-refractivity contribution < 1.29 is 4.79 Å². The minimum absolute atomic E-state index is 0.210. The summed E-state index contributed by atoms with van der Waals surface area (Å²) in [5, 5.41) is 3.20. The summed E-state index contributed by atoms with van der Waals surface area (Å²) in [6.45, 7) is 0.364. The summed E-state index contributed by atoms with van der Waals surface area (Å²) in [5.41, 5.74) is 0.437. The van der Waals surface area contributed by atoms with Crippen LogP contribution in [0.15, 0.2) is 24.7 Å². The predicted molar refractivity (Wildman–Crippen MR) is 55.6 cm³/mol. The molecule has 2 aromatic rings. The van der Waals surface area contributed by atoms with Gasteiger partial charge in [0.2, 0.25) is 0 Å². The molecule has 1 amide bonds. The second-order valence-electron chi connectivity index (χ2n) is 2.95. The second kappa shape index (κ2) is 4.18. The van der Waals surface area contributed by atoms with Crippen LogP contribution >= 0.6 is 11.6 Å². The van der Waals surface area contributed by atoms with Crippen LogP contribution in [0.25, 0.3) is 0 Å². The van der Waals surface area contributed by atoms with E-state index in [1.807, 2.05) is 0 Å². The summed E-state index contributed by atoms with van der Waals surface area (Å²) in [6.07, 6.45) is 4.89. The minimum atomic E-state index is -0.210. The van der Waals surface area contributed by atoms with Crippen LogP contribution in [0.2, 0.25) is 5.02 Å². The molecule has 0 radical (unpaired) electrons. The second-order valence-corrected chi connectivity index (χ2v) is 3.39. The van der Waals surface area contributed by atoms with E-state index in [0.717, 1.165) is 0 Å². The third kappa shape index (κ3) is 2.38. The Morgan fingerprint density at radius 1 is 1.53 bits per heavy atom. The average Bonchev–Trinajstić information content (AvgIpc) is 2.84. The lowest BCUT2D eigenvalue weighted by Gasteiger charge is -2.00. The van der Waals surface area contributed by atoms with Crippen LogP contribution < -0.4 is 5.32 Å². The highest BCUT2D eigenvalue weighted by molar-refractivity contribution is 6.30. The Balaban J connectivity index is 1.93. The van der Waals surface area contributed by atoms with Gasteiger partial charge in [-0.15, -0.1) is 0 Å². The molecule has 3 N–H and O–H groups in total. The van der Waals surface area contributed by atoms with Crippen LogP contribution in [0.4, 0.5) is 0 Å². The van der Waals surface area contributed by atoms with Crippen molar-refractivity contribution in [3.05, 3.63) is 41.2 Å². The number of aromatic nitrogens is 3. The van der Waals surface area contributed by atoms with E-state index < -0.39 is 0 Å². The molecule has 2 heterocycles. The number of hydrogen-bond donors (Lipinski definition) is 3. The van der Waals surface area contributed by atoms with Gasteiger partial charge in [0.05, 0.1) is 11.6 Å². The topological polar surface area (TPSA) is 73.6 Å². The number of carbonyl (C=O) groups excluding carboxylic acids is 1. The number of carbonyl (C=O) groups is 1. The third-order valence-corrected chi connectivity index (χ3v) is 2.08. The molecule has 0 aliphatic rings. The van der Waals surface area contributed by atoms with Crippen LogP contribution in [0.5, 0.6) is 0 Å². The summed E-state index contributed by atoms with van der Waals surface area (Å²) in [4.78, 5) is 21.1. The molecule has 0 saturated heterocycles. The Morgan fingerprint density at radius 2 is 2.40 bits per heavy atom. The molecule has 15 heavy (non-hydrogen) atoms. The van der Waals surface area contributed by atoms with Crippen molar-refractivity contribution in [1.82, 2.24) is 20.3 Å². The lowest BCUT2D eigenvalue weighted by Crippen LogP contribution is -2.23. The predicted octanol–water partition coefficient (Wildman–Crippen LogP) is 1.32. The lowest BCUT2D eigenvalue weighted by atomic mass is 10.4. The smallest absolute Gasteiger partial charge is 0.268 e. The number of aromatic amines is 2. The average molecular weight is 225 g/mol. The van der Waals surface area contributed by atoms with Crippen molar-refractivity contribution in [2.75, 3.05) is 0 Å². The molecule has 0 bridgehead atoms. The van der Waals surface area contributed by atoms with Gasteiger partial charge in [-0.05, 0) is 6.07 Å². The molecule has 0 aliphatic carbocycles. The molecule has 2 rings (SSSR count). The normalized spacial score (nSPS) is 10.2. The maximum Gasteiger partial charge on any atom is 0.268 e. The Labute approximate surface area is 90.9 Å². The van der Waals surface area contributed by atoms with E-state index in [9.17, 15) is 4.79 Å². The van der Waals surface area contributed by atoms with Crippen molar-refractivity contribution in [2.24, 2.45) is 0 Å². The Hall–Kier alpha value is -1.75. The van der Waals surface area contributed by atoms with E-state index in [1.165, 1.54) is 0 Å². The van der Waals surface area contributed by atoms with Crippen LogP contribution in [0.3, 0.4) is 0 Å². The first-order valence-electron chi connectivity index (χ1n) is 4.36. The summed E-state index contributed by atoms with van der Waals surface area (Å²) < 4.78 is 0. The van der Waals surface area contributed by atoms with Gasteiger partial charge in [-0.3, -0.25) is 4.79 Å². The molecule has 2 aromatic heterocycles. The molecule has 0 atom stereocenters. The highest BCUT2D eigenvalue weighted by Crippen LogP contribution is 2.09. The van der Waals surface area contributed by atoms with Gasteiger partial charge in [-0.2, -0.15) is 0 Å². The number of nitrogens with zero attached hydrogens (tertiary/aromatic N) is 1. The molecule has 0 saturated carbocycles. The largest absolute Gasteiger partial charge is 0.356 e. The molecular weight excluding hydrogens is 216 g/mol. The molecule has 78 valence electrons. The number of halogens is 1. The van der Waals surface area contributed by atoms with Crippen LogP contribution in [0.1, 0.15) is 16.3 Å². The maximum atomic E-state index is 11.5. The van der Waals surface area contributed by atoms with Crippen molar-refractivity contribution in [2.45, 2.75) is 6.54 Å². The van der Waals surface area contributed by atoms with Gasteiger partial charge < -0.3 is 15.3 Å². The summed E-state index contributed by atoms with van der Waals surface area (Å²) in [5.74, 6) is 0.499. The van der Waals surface area contributed by atoms with E-state index >= 15 is 0 Å². The van der Waals surface area contributed by atoms with Crippen molar-refractivity contribution in [3.8, 4) is 0 Å². The Bertz CT molecular complexity index is 448. The van der Waals surface area contributed by atoms with Crippen LogP contribution in [0, 0.1) is 0 Å². The fraction of sp³-hybridized carbons (Fsp3) is 0.111. The minimum Gasteiger partial charge on any atom is -0.356 e. The molecule has 0 unspecified atom stereocenters. The Morgan fingerprint density at radius 3 is 3.00 bits per heavy atom. The van der Waals surface area contributed by atoms with E-state index in [-0.39, 0.29) is 5.91 Å². The third-order valence-electron chi connectivity index (χ3n) is 1.86. The number of hydrogen-bond acceptors (Lipinski definition) is 2. The highest BCUT2D eigenvalue weighted by Gasteiger charge is 2.07. The summed E-state index contributed by atoms with van der Waals surface area (Å²) in [6, 6.07) is 1.57. The maximum absolute atomic E-state index is 11.5. The van der Waals surface area contributed by atoms with E-state index in [1.54, 1.807) is 24.7 Å². The Kier molecular flexibility index (Phi) is 2.73. The SMILES string of the molecule is O=C(NCc1ncc[nH]1)c1cc(Cl)c[nH]1. The number of nitrogens with one attached hydrogen (secondary N) is 3. The molecule has 5 nitrogen and oxygen atoms in total. The zero-order valence-electron chi connectivity index (χ0n) is 7.75. The van der Waals surface area contributed by atoms with Crippen molar-refractivity contribution in [1.29, 1.82) is 0 Å². The van der Waals surface area contributed by atoms with Gasteiger partial charge in [0.25, 0.3) is 5.91 Å². The molecular formula is C9H9ClN4O. The molecule has 0 aliphatic heterocycles. The monoisotopic (exact) mass is 224 g/mol. The van der Waals surface area contributed by atoms with Gasteiger partial charge in [0, 0.05) is 18.6 Å². The number of amides is 1. The highest BCUT2D eigenvalue weighted by atomic mass is 35.5. The fourth-order valence-corrected chi connectivity index (χ4v) is 1.32. The van der Waals surface area contributed by atoms with Gasteiger partial charge >= 0.3 is 0 Å². The zero-order chi connectivity index (χ0) is 10.7. The first-order chi connectivity index (χ1) is 7.25. The number of H-pyrrole nitrogens is 2. The number of imidazole rings is 1. The summed E-state index contributed by atoms with van der Waals surface area (Å²) in [7, 11) is 0. The van der Waals surface area contributed by atoms with E-state index in [0.29, 0.717) is 23.1 Å². The zero-order valence-corrected chi connectivity index (χ0v) is 8.51. The molecule has 0 fully saturated rings. The molecule has 0 aromatic carbocycles. The first-order valence-corrected chi connectivity index (χ1v) is 4.74. The van der Waals surface area contributed by atoms with Gasteiger partial charge in [0.15, 0.2) is 0 Å². The molecule has 6 heteroatoms. The number of rotatable bonds is 3. The van der Waals surface area contributed by atoms with Crippen LogP contribution in [-0.2, 0) is 6.54 Å².